The van der Waals surface area contributed by atoms with E-state index in [1.54, 1.807) is 26.2 Å². The van der Waals surface area contributed by atoms with Crippen LogP contribution in [0.2, 0.25) is 0 Å². The number of pyridine rings is 2. The lowest BCUT2D eigenvalue weighted by Gasteiger charge is -2.28. The zero-order chi connectivity index (χ0) is 24.7. The van der Waals surface area contributed by atoms with Crippen LogP contribution in [0.15, 0.2) is 53.2 Å². The Bertz CT molecular complexity index is 1390. The second-order valence-electron chi connectivity index (χ2n) is 9.56. The van der Waals surface area contributed by atoms with Crippen LogP contribution < -0.4 is 0 Å². The lowest BCUT2D eigenvalue weighted by atomic mass is 9.97. The maximum absolute atomic E-state index is 13.1. The van der Waals surface area contributed by atoms with Crippen molar-refractivity contribution < 1.29 is 19.1 Å². The SMILES string of the molecule is Cc1cc(-c2cc3nccc(-c4ccnc(C(C)(C)O)c4)c3o2)cc(C)c1C(=O)N1CCOCC1. The summed E-state index contributed by atoms with van der Waals surface area (Å²) in [6.07, 6.45) is 3.44. The van der Waals surface area contributed by atoms with E-state index in [1.165, 1.54) is 0 Å². The smallest absolute Gasteiger partial charge is 0.254 e. The molecule has 35 heavy (non-hydrogen) atoms. The number of aromatic nitrogens is 2. The number of carbonyl (C=O) groups is 1. The minimum absolute atomic E-state index is 0.0451. The van der Waals surface area contributed by atoms with Crippen molar-refractivity contribution >= 4 is 17.0 Å². The number of amides is 1. The second kappa shape index (κ2) is 8.91. The van der Waals surface area contributed by atoms with Gasteiger partial charge in [-0.05, 0) is 74.7 Å². The van der Waals surface area contributed by atoms with Crippen molar-refractivity contribution in [1.29, 1.82) is 0 Å². The molecule has 7 heteroatoms. The first-order valence-electron chi connectivity index (χ1n) is 11.8. The standard InChI is InChI=1S/C28H29N3O4/c1-17-13-20(14-18(2)25(17)27(32)31-9-11-34-12-10-31)23-16-22-26(35-23)21(6-8-29-22)19-5-7-30-24(15-19)28(3,4)33/h5-8,13-16,33H,9-12H2,1-4H3. The Morgan fingerprint density at radius 3 is 2.34 bits per heavy atom. The van der Waals surface area contributed by atoms with Gasteiger partial charge in [0, 0.05) is 48.2 Å². The maximum atomic E-state index is 13.1. The zero-order valence-corrected chi connectivity index (χ0v) is 20.5. The summed E-state index contributed by atoms with van der Waals surface area (Å²) in [7, 11) is 0. The van der Waals surface area contributed by atoms with E-state index >= 15 is 0 Å². The number of benzene rings is 1. The summed E-state index contributed by atoms with van der Waals surface area (Å²) in [4.78, 5) is 23.8. The molecule has 0 bridgehead atoms. The van der Waals surface area contributed by atoms with Crippen molar-refractivity contribution in [2.45, 2.75) is 33.3 Å². The summed E-state index contributed by atoms with van der Waals surface area (Å²) < 4.78 is 11.7. The molecule has 0 aliphatic carbocycles. The quantitative estimate of drug-likeness (QED) is 0.457. The van der Waals surface area contributed by atoms with Crippen molar-refractivity contribution in [2.75, 3.05) is 26.3 Å². The van der Waals surface area contributed by atoms with Gasteiger partial charge in [-0.15, -0.1) is 0 Å². The first-order valence-corrected chi connectivity index (χ1v) is 11.8. The number of rotatable bonds is 4. The number of furan rings is 1. The highest BCUT2D eigenvalue weighted by Crippen LogP contribution is 2.35. The number of ether oxygens (including phenoxy) is 1. The molecule has 1 amide bonds. The summed E-state index contributed by atoms with van der Waals surface area (Å²) in [6, 6.07) is 11.6. The second-order valence-corrected chi connectivity index (χ2v) is 9.56. The van der Waals surface area contributed by atoms with Gasteiger partial charge in [-0.25, -0.2) is 0 Å². The topological polar surface area (TPSA) is 88.7 Å². The molecular weight excluding hydrogens is 442 g/mol. The predicted molar refractivity (Wildman–Crippen MR) is 134 cm³/mol. The van der Waals surface area contributed by atoms with Gasteiger partial charge in [0.25, 0.3) is 5.91 Å². The van der Waals surface area contributed by atoms with Crippen molar-refractivity contribution in [3.8, 4) is 22.5 Å². The summed E-state index contributed by atoms with van der Waals surface area (Å²) in [5, 5.41) is 10.4. The molecule has 1 aromatic carbocycles. The van der Waals surface area contributed by atoms with Crippen LogP contribution in [0.1, 0.15) is 41.0 Å². The highest BCUT2D eigenvalue weighted by atomic mass is 16.5. The third-order valence-electron chi connectivity index (χ3n) is 6.44. The fourth-order valence-corrected chi connectivity index (χ4v) is 4.61. The Kier molecular flexibility index (Phi) is 5.91. The number of fused-ring (bicyclic) bond motifs is 1. The third-order valence-corrected chi connectivity index (χ3v) is 6.44. The van der Waals surface area contributed by atoms with Gasteiger partial charge >= 0.3 is 0 Å². The van der Waals surface area contributed by atoms with Crippen molar-refractivity contribution in [3.05, 3.63) is 71.2 Å². The Hall–Kier alpha value is -3.55. The van der Waals surface area contributed by atoms with Crippen LogP contribution in [0.5, 0.6) is 0 Å². The summed E-state index contributed by atoms with van der Waals surface area (Å²) >= 11 is 0. The molecule has 1 aliphatic rings. The van der Waals surface area contributed by atoms with E-state index in [4.69, 9.17) is 9.15 Å². The van der Waals surface area contributed by atoms with Crippen LogP contribution in [-0.2, 0) is 10.3 Å². The van der Waals surface area contributed by atoms with Crippen LogP contribution in [-0.4, -0.2) is 52.2 Å². The first-order chi connectivity index (χ1) is 16.7. The number of morpholine rings is 1. The molecule has 0 radical (unpaired) electrons. The van der Waals surface area contributed by atoms with E-state index in [1.807, 2.05) is 55.1 Å². The molecule has 7 nitrogen and oxygen atoms in total. The fraction of sp³-hybridized carbons (Fsp3) is 0.321. The van der Waals surface area contributed by atoms with Crippen molar-refractivity contribution in [1.82, 2.24) is 14.9 Å². The predicted octanol–water partition coefficient (Wildman–Crippen LogP) is 4.87. The minimum atomic E-state index is -1.05. The molecule has 1 aliphatic heterocycles. The highest BCUT2D eigenvalue weighted by molar-refractivity contribution is 5.98. The molecule has 0 saturated carbocycles. The summed E-state index contributed by atoms with van der Waals surface area (Å²) in [5.74, 6) is 0.733. The number of hydrogen-bond donors (Lipinski definition) is 1. The zero-order valence-electron chi connectivity index (χ0n) is 20.5. The Morgan fingerprint density at radius 1 is 0.971 bits per heavy atom. The lowest BCUT2D eigenvalue weighted by Crippen LogP contribution is -2.41. The van der Waals surface area contributed by atoms with Crippen LogP contribution in [0.4, 0.5) is 0 Å². The number of nitrogens with zero attached hydrogens (tertiary/aromatic N) is 3. The monoisotopic (exact) mass is 471 g/mol. The van der Waals surface area contributed by atoms with E-state index in [9.17, 15) is 9.90 Å². The molecule has 1 saturated heterocycles. The highest BCUT2D eigenvalue weighted by Gasteiger charge is 2.23. The van der Waals surface area contributed by atoms with Gasteiger partial charge in [-0.2, -0.15) is 0 Å². The third kappa shape index (κ3) is 4.45. The number of aryl methyl sites for hydroxylation is 2. The molecule has 5 rings (SSSR count). The van der Waals surface area contributed by atoms with E-state index in [0.717, 1.165) is 38.9 Å². The Labute approximate surface area is 204 Å². The molecule has 0 atom stereocenters. The molecular formula is C28H29N3O4. The molecule has 0 unspecified atom stereocenters. The number of hydrogen-bond acceptors (Lipinski definition) is 6. The molecule has 1 N–H and O–H groups in total. The first kappa shape index (κ1) is 23.2. The number of carbonyl (C=O) groups excluding carboxylic acids is 1. The molecule has 3 aromatic heterocycles. The summed E-state index contributed by atoms with van der Waals surface area (Å²) in [6.45, 7) is 9.73. The normalized spacial score (nSPS) is 14.5. The van der Waals surface area contributed by atoms with Gasteiger partial charge in [-0.1, -0.05) is 0 Å². The van der Waals surface area contributed by atoms with E-state index in [2.05, 4.69) is 9.97 Å². The average Bonchev–Trinajstić information content (AvgIpc) is 3.28. The largest absolute Gasteiger partial charge is 0.454 e. The van der Waals surface area contributed by atoms with Gasteiger partial charge in [0.15, 0.2) is 5.58 Å². The maximum Gasteiger partial charge on any atom is 0.254 e. The molecule has 1 fully saturated rings. The van der Waals surface area contributed by atoms with E-state index in [0.29, 0.717) is 43.3 Å². The molecule has 180 valence electrons. The van der Waals surface area contributed by atoms with Gasteiger partial charge in [-0.3, -0.25) is 14.8 Å². The van der Waals surface area contributed by atoms with Crippen LogP contribution in [0, 0.1) is 13.8 Å². The van der Waals surface area contributed by atoms with E-state index < -0.39 is 5.60 Å². The van der Waals surface area contributed by atoms with Gasteiger partial charge < -0.3 is 19.2 Å². The van der Waals surface area contributed by atoms with E-state index in [-0.39, 0.29) is 5.91 Å². The molecule has 4 aromatic rings. The molecule has 0 spiro atoms. The fourth-order valence-electron chi connectivity index (χ4n) is 4.61. The summed E-state index contributed by atoms with van der Waals surface area (Å²) in [5.41, 5.74) is 6.16. The minimum Gasteiger partial charge on any atom is -0.454 e. The van der Waals surface area contributed by atoms with Gasteiger partial charge in [0.1, 0.15) is 16.9 Å². The molecule has 4 heterocycles. The Balaban J connectivity index is 1.54. The van der Waals surface area contributed by atoms with Gasteiger partial charge in [0.05, 0.1) is 18.9 Å². The number of aliphatic hydroxyl groups is 1. The van der Waals surface area contributed by atoms with Crippen molar-refractivity contribution in [3.63, 3.8) is 0 Å². The van der Waals surface area contributed by atoms with Crippen LogP contribution in [0.25, 0.3) is 33.6 Å². The lowest BCUT2D eigenvalue weighted by molar-refractivity contribution is 0.0302. The van der Waals surface area contributed by atoms with Crippen LogP contribution in [0.3, 0.4) is 0 Å². The van der Waals surface area contributed by atoms with Crippen molar-refractivity contribution in [2.24, 2.45) is 0 Å². The average molecular weight is 472 g/mol. The Morgan fingerprint density at radius 2 is 1.66 bits per heavy atom. The van der Waals surface area contributed by atoms with Gasteiger partial charge in [0.2, 0.25) is 0 Å². The van der Waals surface area contributed by atoms with Crippen LogP contribution >= 0.6 is 0 Å².